The first kappa shape index (κ1) is 19.6. The van der Waals surface area contributed by atoms with E-state index in [1.165, 1.54) is 11.1 Å². The Morgan fingerprint density at radius 2 is 1.56 bits per heavy atom. The lowest BCUT2D eigenvalue weighted by Crippen LogP contribution is -2.52. The van der Waals surface area contributed by atoms with Gasteiger partial charge in [0.2, 0.25) is 10.0 Å². The fraction of sp³-hybridized carbons (Fsp3) is 0.333. The summed E-state index contributed by atoms with van der Waals surface area (Å²) in [5, 5.41) is 1.24. The molecule has 1 unspecified atom stereocenters. The van der Waals surface area contributed by atoms with Gasteiger partial charge in [0.05, 0.1) is 0 Å². The standard InChI is InChI=1S/C21H27N3O2S/c1-19(18-22-27(25,26)17-12-20-8-4-2-5-9-20)23-13-15-24(16-14-23)21-10-6-3-7-11-21/h2-12,17,19,22H,13-16,18H2,1H3/b17-12+. The molecule has 144 valence electrons. The van der Waals surface area contributed by atoms with Crippen molar-refractivity contribution >= 4 is 21.8 Å². The summed E-state index contributed by atoms with van der Waals surface area (Å²) in [6, 6.07) is 20.0. The van der Waals surface area contributed by atoms with Crippen LogP contribution in [0.15, 0.2) is 66.1 Å². The minimum absolute atomic E-state index is 0.155. The number of para-hydroxylation sites is 1. The van der Waals surface area contributed by atoms with Crippen molar-refractivity contribution < 1.29 is 8.42 Å². The van der Waals surface area contributed by atoms with E-state index in [-0.39, 0.29) is 6.04 Å². The zero-order valence-electron chi connectivity index (χ0n) is 15.7. The Morgan fingerprint density at radius 1 is 0.963 bits per heavy atom. The van der Waals surface area contributed by atoms with Gasteiger partial charge in [-0.15, -0.1) is 0 Å². The molecule has 0 radical (unpaired) electrons. The molecule has 1 saturated heterocycles. The van der Waals surface area contributed by atoms with Crippen molar-refractivity contribution in [2.45, 2.75) is 13.0 Å². The molecule has 1 N–H and O–H groups in total. The Hall–Kier alpha value is -2.15. The molecule has 0 saturated carbocycles. The van der Waals surface area contributed by atoms with Crippen LogP contribution in [0.4, 0.5) is 5.69 Å². The van der Waals surface area contributed by atoms with Gasteiger partial charge in [0.15, 0.2) is 0 Å². The Bertz CT molecular complexity index is 830. The van der Waals surface area contributed by atoms with Crippen LogP contribution in [0.2, 0.25) is 0 Å². The SMILES string of the molecule is CC(CNS(=O)(=O)/C=C/c1ccccc1)N1CCN(c2ccccc2)CC1. The van der Waals surface area contributed by atoms with E-state index >= 15 is 0 Å². The molecule has 1 fully saturated rings. The van der Waals surface area contributed by atoms with Gasteiger partial charge in [-0.05, 0) is 30.7 Å². The number of nitrogens with zero attached hydrogens (tertiary/aromatic N) is 2. The van der Waals surface area contributed by atoms with E-state index in [0.29, 0.717) is 6.54 Å². The Balaban J connectivity index is 1.47. The number of piperazine rings is 1. The molecule has 1 atom stereocenters. The van der Waals surface area contributed by atoms with Crippen LogP contribution >= 0.6 is 0 Å². The van der Waals surface area contributed by atoms with Gasteiger partial charge in [0.25, 0.3) is 0 Å². The Kier molecular flexibility index (Phi) is 6.66. The summed E-state index contributed by atoms with van der Waals surface area (Å²) in [5.41, 5.74) is 2.12. The van der Waals surface area contributed by atoms with Gasteiger partial charge in [-0.2, -0.15) is 0 Å². The normalized spacial score (nSPS) is 17.3. The van der Waals surface area contributed by atoms with Crippen molar-refractivity contribution in [1.29, 1.82) is 0 Å². The van der Waals surface area contributed by atoms with E-state index in [9.17, 15) is 8.42 Å². The fourth-order valence-electron chi connectivity index (χ4n) is 3.21. The molecule has 0 aliphatic carbocycles. The number of benzene rings is 2. The van der Waals surface area contributed by atoms with Crippen molar-refractivity contribution in [2.75, 3.05) is 37.6 Å². The van der Waals surface area contributed by atoms with Gasteiger partial charge in [-0.25, -0.2) is 13.1 Å². The summed E-state index contributed by atoms with van der Waals surface area (Å²) in [6.07, 6.45) is 1.62. The summed E-state index contributed by atoms with van der Waals surface area (Å²) >= 11 is 0. The molecule has 2 aromatic rings. The first-order valence-electron chi connectivity index (χ1n) is 9.30. The molecule has 2 aromatic carbocycles. The first-order chi connectivity index (χ1) is 13.0. The first-order valence-corrected chi connectivity index (χ1v) is 10.8. The van der Waals surface area contributed by atoms with Crippen molar-refractivity contribution in [2.24, 2.45) is 0 Å². The molecule has 6 heteroatoms. The lowest BCUT2D eigenvalue weighted by atomic mass is 10.2. The maximum atomic E-state index is 12.2. The van der Waals surface area contributed by atoms with Crippen LogP contribution in [0.3, 0.4) is 0 Å². The highest BCUT2D eigenvalue weighted by Crippen LogP contribution is 2.16. The van der Waals surface area contributed by atoms with Gasteiger partial charge in [-0.1, -0.05) is 48.5 Å². The number of anilines is 1. The third-order valence-corrected chi connectivity index (χ3v) is 5.94. The molecule has 3 rings (SSSR count). The number of hydrogen-bond donors (Lipinski definition) is 1. The third-order valence-electron chi connectivity index (χ3n) is 4.88. The topological polar surface area (TPSA) is 52.7 Å². The average molecular weight is 386 g/mol. The second kappa shape index (κ2) is 9.17. The summed E-state index contributed by atoms with van der Waals surface area (Å²) in [5.74, 6) is 0. The number of rotatable bonds is 7. The second-order valence-corrected chi connectivity index (χ2v) is 8.47. The van der Waals surface area contributed by atoms with Crippen molar-refractivity contribution in [3.05, 3.63) is 71.6 Å². The van der Waals surface area contributed by atoms with E-state index in [1.807, 2.05) is 36.4 Å². The van der Waals surface area contributed by atoms with E-state index in [4.69, 9.17) is 0 Å². The second-order valence-electron chi connectivity index (χ2n) is 6.81. The minimum Gasteiger partial charge on any atom is -0.369 e. The van der Waals surface area contributed by atoms with Crippen molar-refractivity contribution in [3.63, 3.8) is 0 Å². The van der Waals surface area contributed by atoms with Crippen molar-refractivity contribution in [1.82, 2.24) is 9.62 Å². The number of hydrogen-bond acceptors (Lipinski definition) is 4. The number of sulfonamides is 1. The quantitative estimate of drug-likeness (QED) is 0.796. The predicted octanol–water partition coefficient (Wildman–Crippen LogP) is 2.79. The average Bonchev–Trinajstić information content (AvgIpc) is 2.72. The van der Waals surface area contributed by atoms with Crippen LogP contribution in [0, 0.1) is 0 Å². The predicted molar refractivity (Wildman–Crippen MR) is 112 cm³/mol. The summed E-state index contributed by atoms with van der Waals surface area (Å²) < 4.78 is 27.1. The lowest BCUT2D eigenvalue weighted by Gasteiger charge is -2.39. The molecular weight excluding hydrogens is 358 g/mol. The van der Waals surface area contributed by atoms with Gasteiger partial charge in [0.1, 0.15) is 0 Å². The van der Waals surface area contributed by atoms with E-state index in [0.717, 1.165) is 31.7 Å². The molecule has 1 aliphatic rings. The van der Waals surface area contributed by atoms with Crippen LogP contribution in [0.1, 0.15) is 12.5 Å². The van der Waals surface area contributed by atoms with Gasteiger partial charge in [0, 0.05) is 49.9 Å². The van der Waals surface area contributed by atoms with Crippen LogP contribution in [0.25, 0.3) is 6.08 Å². The maximum absolute atomic E-state index is 12.2. The zero-order chi connectivity index (χ0) is 19.1. The van der Waals surface area contributed by atoms with Crippen LogP contribution in [-0.4, -0.2) is 52.1 Å². The Morgan fingerprint density at radius 3 is 2.19 bits per heavy atom. The van der Waals surface area contributed by atoms with Crippen LogP contribution < -0.4 is 9.62 Å². The minimum atomic E-state index is -3.43. The molecule has 0 spiro atoms. The molecule has 0 aromatic heterocycles. The summed E-state index contributed by atoms with van der Waals surface area (Å²) in [6.45, 7) is 6.24. The van der Waals surface area contributed by atoms with Gasteiger partial charge >= 0.3 is 0 Å². The number of nitrogens with one attached hydrogen (secondary N) is 1. The highest BCUT2D eigenvalue weighted by Gasteiger charge is 2.22. The molecule has 1 aliphatic heterocycles. The molecule has 1 heterocycles. The summed E-state index contributed by atoms with van der Waals surface area (Å²) in [7, 11) is -3.43. The Labute approximate surface area is 162 Å². The smallest absolute Gasteiger partial charge is 0.233 e. The highest BCUT2D eigenvalue weighted by molar-refractivity contribution is 7.92. The highest BCUT2D eigenvalue weighted by atomic mass is 32.2. The van der Waals surface area contributed by atoms with E-state index in [1.54, 1.807) is 6.08 Å². The third kappa shape index (κ3) is 5.92. The van der Waals surface area contributed by atoms with Gasteiger partial charge < -0.3 is 4.90 Å². The molecule has 5 nitrogen and oxygen atoms in total. The lowest BCUT2D eigenvalue weighted by molar-refractivity contribution is 0.198. The monoisotopic (exact) mass is 385 g/mol. The maximum Gasteiger partial charge on any atom is 0.233 e. The fourth-order valence-corrected chi connectivity index (χ4v) is 4.11. The largest absolute Gasteiger partial charge is 0.369 e. The molecule has 27 heavy (non-hydrogen) atoms. The van der Waals surface area contributed by atoms with E-state index < -0.39 is 10.0 Å². The molecule has 0 bridgehead atoms. The van der Waals surface area contributed by atoms with Crippen LogP contribution in [0.5, 0.6) is 0 Å². The summed E-state index contributed by atoms with van der Waals surface area (Å²) in [4.78, 5) is 4.71. The van der Waals surface area contributed by atoms with Crippen molar-refractivity contribution in [3.8, 4) is 0 Å². The van der Waals surface area contributed by atoms with E-state index in [2.05, 4.69) is 45.7 Å². The molecule has 0 amide bonds. The van der Waals surface area contributed by atoms with Gasteiger partial charge in [-0.3, -0.25) is 4.90 Å². The molecular formula is C21H27N3O2S. The van der Waals surface area contributed by atoms with Crippen LogP contribution in [-0.2, 0) is 10.0 Å². The zero-order valence-corrected chi connectivity index (χ0v) is 16.5.